The fourth-order valence-corrected chi connectivity index (χ4v) is 0.687. The molecule has 0 aromatic heterocycles. The number of rotatable bonds is 5. The molecule has 4 heteroatoms. The third kappa shape index (κ3) is 4.79. The summed E-state index contributed by atoms with van der Waals surface area (Å²) in [6.07, 6.45) is -0.190. The van der Waals surface area contributed by atoms with Gasteiger partial charge in [-0.2, -0.15) is 0 Å². The minimum absolute atomic E-state index is 0.00236. The first-order chi connectivity index (χ1) is 4.70. The van der Waals surface area contributed by atoms with Crippen LogP contribution in [0.15, 0.2) is 0 Å². The van der Waals surface area contributed by atoms with Gasteiger partial charge in [-0.3, -0.25) is 0 Å². The maximum atomic E-state index is 8.69. The Morgan fingerprint density at radius 3 is 2.60 bits per heavy atom. The second-order valence-electron chi connectivity index (χ2n) is 2.20. The minimum Gasteiger partial charge on any atom is -0.394 e. The van der Waals surface area contributed by atoms with Crippen molar-refractivity contribution in [3.05, 3.63) is 0 Å². The van der Waals surface area contributed by atoms with Crippen LogP contribution in [0.5, 0.6) is 0 Å². The molecule has 2 N–H and O–H groups in total. The smallest absolute Gasteiger partial charge is 0.108 e. The van der Waals surface area contributed by atoms with Crippen LogP contribution < -0.4 is 5.32 Å². The van der Waals surface area contributed by atoms with Crippen LogP contribution in [0.4, 0.5) is 0 Å². The SMILES string of the molecule is [B]C(C)OC(CO)CNC. The van der Waals surface area contributed by atoms with Crippen molar-refractivity contribution < 1.29 is 9.84 Å². The summed E-state index contributed by atoms with van der Waals surface area (Å²) in [5.74, 6) is 0. The van der Waals surface area contributed by atoms with E-state index in [0.717, 1.165) is 0 Å². The lowest BCUT2D eigenvalue weighted by Gasteiger charge is -2.17. The molecular weight excluding hydrogens is 129 g/mol. The van der Waals surface area contributed by atoms with Crippen molar-refractivity contribution in [3.63, 3.8) is 0 Å². The number of hydrogen-bond donors (Lipinski definition) is 2. The second kappa shape index (κ2) is 5.71. The summed E-state index contributed by atoms with van der Waals surface area (Å²) in [7, 11) is 7.14. The Labute approximate surface area is 63.2 Å². The molecule has 0 saturated carbocycles. The van der Waals surface area contributed by atoms with E-state index >= 15 is 0 Å². The van der Waals surface area contributed by atoms with Crippen molar-refractivity contribution in [1.82, 2.24) is 5.32 Å². The van der Waals surface area contributed by atoms with Crippen LogP contribution in [0.1, 0.15) is 6.92 Å². The van der Waals surface area contributed by atoms with E-state index in [9.17, 15) is 0 Å². The summed E-state index contributed by atoms with van der Waals surface area (Å²) in [5.41, 5.74) is 0. The second-order valence-corrected chi connectivity index (χ2v) is 2.20. The Morgan fingerprint density at radius 1 is 1.70 bits per heavy atom. The average molecular weight is 143 g/mol. The van der Waals surface area contributed by atoms with Gasteiger partial charge in [0.1, 0.15) is 7.85 Å². The lowest BCUT2D eigenvalue weighted by atomic mass is 10.0. The highest BCUT2D eigenvalue weighted by Gasteiger charge is 2.06. The predicted molar refractivity (Wildman–Crippen MR) is 41.1 cm³/mol. The fourth-order valence-electron chi connectivity index (χ4n) is 0.687. The number of likely N-dealkylation sites (N-methyl/N-ethyl adjacent to an activating group) is 1. The molecule has 0 spiro atoms. The predicted octanol–water partition coefficient (Wildman–Crippen LogP) is -0.902. The highest BCUT2D eigenvalue weighted by molar-refractivity contribution is 6.10. The molecule has 2 radical (unpaired) electrons. The molecule has 0 rings (SSSR count). The Kier molecular flexibility index (Phi) is 5.68. The zero-order valence-corrected chi connectivity index (χ0v) is 6.50. The number of nitrogens with one attached hydrogen (secondary N) is 1. The molecular formula is C6H14BNO2. The zero-order valence-electron chi connectivity index (χ0n) is 6.50. The van der Waals surface area contributed by atoms with E-state index in [1.807, 2.05) is 0 Å². The number of hydrogen-bond acceptors (Lipinski definition) is 3. The van der Waals surface area contributed by atoms with Gasteiger partial charge in [0.15, 0.2) is 0 Å². The molecule has 0 fully saturated rings. The van der Waals surface area contributed by atoms with Crippen LogP contribution in [0.2, 0.25) is 0 Å². The lowest BCUT2D eigenvalue weighted by molar-refractivity contribution is 0.00398. The maximum absolute atomic E-state index is 8.69. The van der Waals surface area contributed by atoms with E-state index in [1.54, 1.807) is 14.0 Å². The molecule has 2 unspecified atom stereocenters. The van der Waals surface area contributed by atoms with Gasteiger partial charge in [0.05, 0.1) is 12.7 Å². The Bertz CT molecular complexity index is 80.1. The molecule has 0 aromatic carbocycles. The summed E-state index contributed by atoms with van der Waals surface area (Å²) in [4.78, 5) is 0. The summed E-state index contributed by atoms with van der Waals surface area (Å²) in [6, 6.07) is -0.314. The topological polar surface area (TPSA) is 41.5 Å². The van der Waals surface area contributed by atoms with Crippen molar-refractivity contribution in [2.75, 3.05) is 20.2 Å². The molecule has 0 aliphatic heterocycles. The summed E-state index contributed by atoms with van der Waals surface area (Å²) in [5, 5.41) is 11.6. The van der Waals surface area contributed by atoms with Crippen LogP contribution in [0, 0.1) is 0 Å². The van der Waals surface area contributed by atoms with E-state index in [2.05, 4.69) is 5.32 Å². The first kappa shape index (κ1) is 9.94. The van der Waals surface area contributed by atoms with Gasteiger partial charge < -0.3 is 15.2 Å². The van der Waals surface area contributed by atoms with Gasteiger partial charge in [-0.1, -0.05) is 0 Å². The van der Waals surface area contributed by atoms with E-state index in [4.69, 9.17) is 17.7 Å². The molecule has 10 heavy (non-hydrogen) atoms. The molecule has 0 aliphatic carbocycles. The van der Waals surface area contributed by atoms with E-state index in [0.29, 0.717) is 6.54 Å². The zero-order chi connectivity index (χ0) is 7.98. The van der Waals surface area contributed by atoms with Gasteiger partial charge >= 0.3 is 0 Å². The molecule has 0 amide bonds. The van der Waals surface area contributed by atoms with Crippen molar-refractivity contribution >= 4 is 7.85 Å². The third-order valence-electron chi connectivity index (χ3n) is 1.04. The highest BCUT2D eigenvalue weighted by atomic mass is 16.5. The third-order valence-corrected chi connectivity index (χ3v) is 1.04. The standard InChI is InChI=1S/C6H14BNO2/c1-5(7)10-6(4-9)3-8-2/h5-6,8-9H,3-4H2,1-2H3. The van der Waals surface area contributed by atoms with Crippen LogP contribution >= 0.6 is 0 Å². The Morgan fingerprint density at radius 2 is 2.30 bits per heavy atom. The van der Waals surface area contributed by atoms with Gasteiger partial charge in [0.25, 0.3) is 0 Å². The molecule has 3 nitrogen and oxygen atoms in total. The first-order valence-electron chi connectivity index (χ1n) is 3.37. The van der Waals surface area contributed by atoms with Gasteiger partial charge in [-0.25, -0.2) is 0 Å². The molecule has 0 heterocycles. The highest BCUT2D eigenvalue weighted by Crippen LogP contribution is 1.92. The van der Waals surface area contributed by atoms with Gasteiger partial charge in [0, 0.05) is 12.5 Å². The van der Waals surface area contributed by atoms with Crippen molar-refractivity contribution in [2.24, 2.45) is 0 Å². The van der Waals surface area contributed by atoms with Gasteiger partial charge in [0.2, 0.25) is 0 Å². The molecule has 0 aromatic rings. The normalized spacial score (nSPS) is 16.7. The van der Waals surface area contributed by atoms with E-state index in [1.165, 1.54) is 0 Å². The fraction of sp³-hybridized carbons (Fsp3) is 1.00. The molecule has 58 valence electrons. The quantitative estimate of drug-likeness (QED) is 0.490. The number of aliphatic hydroxyl groups excluding tert-OH is 1. The van der Waals surface area contributed by atoms with Crippen LogP contribution in [-0.4, -0.2) is 45.3 Å². The van der Waals surface area contributed by atoms with Crippen molar-refractivity contribution in [2.45, 2.75) is 19.0 Å². The van der Waals surface area contributed by atoms with Crippen molar-refractivity contribution in [1.29, 1.82) is 0 Å². The molecule has 0 saturated heterocycles. The maximum Gasteiger partial charge on any atom is 0.108 e. The molecule has 0 bridgehead atoms. The van der Waals surface area contributed by atoms with Gasteiger partial charge in [-0.05, 0) is 14.0 Å². The van der Waals surface area contributed by atoms with Crippen LogP contribution in [0.25, 0.3) is 0 Å². The Hall–Kier alpha value is -0.0551. The van der Waals surface area contributed by atoms with Gasteiger partial charge in [-0.15, -0.1) is 0 Å². The lowest BCUT2D eigenvalue weighted by Crippen LogP contribution is -2.32. The summed E-state index contributed by atoms with van der Waals surface area (Å²) < 4.78 is 5.11. The van der Waals surface area contributed by atoms with Crippen LogP contribution in [0.3, 0.4) is 0 Å². The van der Waals surface area contributed by atoms with E-state index < -0.39 is 0 Å². The van der Waals surface area contributed by atoms with E-state index in [-0.39, 0.29) is 18.7 Å². The molecule has 2 atom stereocenters. The van der Waals surface area contributed by atoms with Crippen molar-refractivity contribution in [3.8, 4) is 0 Å². The first-order valence-corrected chi connectivity index (χ1v) is 3.37. The summed E-state index contributed by atoms with van der Waals surface area (Å²) >= 11 is 0. The molecule has 0 aliphatic rings. The largest absolute Gasteiger partial charge is 0.394 e. The average Bonchev–Trinajstić information content (AvgIpc) is 1.86. The Balaban J connectivity index is 3.39. The monoisotopic (exact) mass is 143 g/mol. The minimum atomic E-state index is -0.314. The number of ether oxygens (including phenoxy) is 1. The number of aliphatic hydroxyl groups is 1. The summed E-state index contributed by atoms with van der Waals surface area (Å²) in [6.45, 7) is 2.36. The van der Waals surface area contributed by atoms with Crippen LogP contribution in [-0.2, 0) is 4.74 Å².